The van der Waals surface area contributed by atoms with Crippen LogP contribution in [-0.4, -0.2) is 11.7 Å². The third-order valence-electron chi connectivity index (χ3n) is 3.09. The minimum atomic E-state index is -0.407. The Bertz CT molecular complexity index is 312. The van der Waals surface area contributed by atoms with E-state index in [9.17, 15) is 5.11 Å². The molecule has 0 radical (unpaired) electrons. The first-order chi connectivity index (χ1) is 8.27. The van der Waals surface area contributed by atoms with Gasteiger partial charge in [-0.25, -0.2) is 0 Å². The minimum absolute atomic E-state index is 0.407. The Labute approximate surface area is 105 Å². The van der Waals surface area contributed by atoms with E-state index >= 15 is 0 Å². The maximum atomic E-state index is 9.87. The highest BCUT2D eigenvalue weighted by Gasteiger charge is 2.06. The molecule has 0 aliphatic heterocycles. The van der Waals surface area contributed by atoms with Crippen molar-refractivity contribution in [3.05, 3.63) is 35.4 Å². The predicted octanol–water partition coefficient (Wildman–Crippen LogP) is 3.19. The fourth-order valence-corrected chi connectivity index (χ4v) is 2.04. The zero-order valence-electron chi connectivity index (χ0n) is 10.9. The summed E-state index contributed by atoms with van der Waals surface area (Å²) in [5, 5.41) is 9.87. The van der Waals surface area contributed by atoms with Crippen molar-refractivity contribution in [2.45, 2.75) is 51.6 Å². The van der Waals surface area contributed by atoms with Crippen LogP contribution in [0.3, 0.4) is 0 Å². The van der Waals surface area contributed by atoms with Crippen molar-refractivity contribution >= 4 is 0 Å². The van der Waals surface area contributed by atoms with Crippen molar-refractivity contribution in [2.75, 3.05) is 6.54 Å². The van der Waals surface area contributed by atoms with Gasteiger partial charge in [0.25, 0.3) is 0 Å². The average molecular weight is 235 g/mol. The molecule has 0 aliphatic rings. The number of hydrogen-bond donors (Lipinski definition) is 2. The monoisotopic (exact) mass is 235 g/mol. The predicted molar refractivity (Wildman–Crippen MR) is 72.9 cm³/mol. The van der Waals surface area contributed by atoms with E-state index in [1.807, 2.05) is 12.1 Å². The molecule has 96 valence electrons. The fourth-order valence-electron chi connectivity index (χ4n) is 2.04. The van der Waals surface area contributed by atoms with E-state index in [-0.39, 0.29) is 0 Å². The molecule has 2 heteroatoms. The molecular formula is C15H25NO. The Morgan fingerprint density at radius 1 is 1.24 bits per heavy atom. The highest BCUT2D eigenvalue weighted by atomic mass is 16.3. The molecule has 0 saturated carbocycles. The van der Waals surface area contributed by atoms with Gasteiger partial charge in [-0.3, -0.25) is 0 Å². The summed E-state index contributed by atoms with van der Waals surface area (Å²) in [7, 11) is 0. The van der Waals surface area contributed by atoms with Crippen LogP contribution in [0.25, 0.3) is 0 Å². The second-order valence-corrected chi connectivity index (χ2v) is 4.65. The number of aryl methyl sites for hydroxylation is 1. The molecule has 17 heavy (non-hydrogen) atoms. The molecule has 1 aromatic carbocycles. The maximum Gasteiger partial charge on any atom is 0.0802 e. The first-order valence-electron chi connectivity index (χ1n) is 6.75. The largest absolute Gasteiger partial charge is 0.388 e. The molecule has 1 atom stereocenters. The lowest BCUT2D eigenvalue weighted by atomic mass is 10.0. The number of nitrogens with two attached hydrogens (primary N) is 1. The quantitative estimate of drug-likeness (QED) is 0.680. The molecule has 2 nitrogen and oxygen atoms in total. The van der Waals surface area contributed by atoms with Gasteiger partial charge in [-0.1, -0.05) is 50.5 Å². The highest BCUT2D eigenvalue weighted by Crippen LogP contribution is 2.18. The number of hydrogen-bond acceptors (Lipinski definition) is 2. The number of unbranched alkanes of at least 4 members (excludes halogenated alkanes) is 3. The van der Waals surface area contributed by atoms with Gasteiger partial charge < -0.3 is 10.8 Å². The number of rotatable bonds is 8. The second-order valence-electron chi connectivity index (χ2n) is 4.65. The van der Waals surface area contributed by atoms with Crippen LogP contribution in [0.5, 0.6) is 0 Å². The van der Waals surface area contributed by atoms with Gasteiger partial charge >= 0.3 is 0 Å². The van der Waals surface area contributed by atoms with Crippen LogP contribution >= 0.6 is 0 Å². The normalized spacial score (nSPS) is 12.6. The van der Waals surface area contributed by atoms with Gasteiger partial charge in [0.15, 0.2) is 0 Å². The van der Waals surface area contributed by atoms with E-state index in [0.717, 1.165) is 12.0 Å². The van der Waals surface area contributed by atoms with Crippen molar-refractivity contribution in [3.63, 3.8) is 0 Å². The summed E-state index contributed by atoms with van der Waals surface area (Å²) < 4.78 is 0. The highest BCUT2D eigenvalue weighted by molar-refractivity contribution is 5.25. The SMILES string of the molecule is CCCCCCc1cccc(C(O)CCN)c1. The molecule has 0 spiro atoms. The minimum Gasteiger partial charge on any atom is -0.388 e. The Hall–Kier alpha value is -0.860. The van der Waals surface area contributed by atoms with Crippen molar-refractivity contribution in [1.82, 2.24) is 0 Å². The van der Waals surface area contributed by atoms with Gasteiger partial charge in [0.1, 0.15) is 0 Å². The van der Waals surface area contributed by atoms with Crippen LogP contribution < -0.4 is 5.73 Å². The molecule has 0 saturated heterocycles. The first kappa shape index (κ1) is 14.2. The second kappa shape index (κ2) is 8.26. The standard InChI is InChI=1S/C15H25NO/c1-2-3-4-5-7-13-8-6-9-14(12-13)15(17)10-11-16/h6,8-9,12,15,17H,2-5,7,10-11,16H2,1H3. The molecular weight excluding hydrogens is 210 g/mol. The van der Waals surface area contributed by atoms with Crippen molar-refractivity contribution < 1.29 is 5.11 Å². The Morgan fingerprint density at radius 3 is 2.76 bits per heavy atom. The van der Waals surface area contributed by atoms with E-state index < -0.39 is 6.10 Å². The number of benzene rings is 1. The van der Waals surface area contributed by atoms with Crippen LogP contribution in [0.15, 0.2) is 24.3 Å². The van der Waals surface area contributed by atoms with Gasteiger partial charge in [-0.2, -0.15) is 0 Å². The third kappa shape index (κ3) is 5.33. The summed E-state index contributed by atoms with van der Waals surface area (Å²) in [6.45, 7) is 2.76. The Kier molecular flexibility index (Phi) is 6.90. The van der Waals surface area contributed by atoms with E-state index in [0.29, 0.717) is 13.0 Å². The summed E-state index contributed by atoms with van der Waals surface area (Å²) in [6.07, 6.45) is 6.47. The maximum absolute atomic E-state index is 9.87. The van der Waals surface area contributed by atoms with Crippen molar-refractivity contribution in [2.24, 2.45) is 5.73 Å². The smallest absolute Gasteiger partial charge is 0.0802 e. The average Bonchev–Trinajstić information content (AvgIpc) is 2.35. The lowest BCUT2D eigenvalue weighted by Gasteiger charge is -2.11. The van der Waals surface area contributed by atoms with Crippen LogP contribution in [0, 0.1) is 0 Å². The summed E-state index contributed by atoms with van der Waals surface area (Å²) in [4.78, 5) is 0. The molecule has 0 bridgehead atoms. The molecule has 0 aromatic heterocycles. The first-order valence-corrected chi connectivity index (χ1v) is 6.75. The summed E-state index contributed by atoms with van der Waals surface area (Å²) in [5.41, 5.74) is 7.79. The van der Waals surface area contributed by atoms with Gasteiger partial charge in [0, 0.05) is 0 Å². The van der Waals surface area contributed by atoms with Gasteiger partial charge in [0.2, 0.25) is 0 Å². The number of aliphatic hydroxyl groups excluding tert-OH is 1. The van der Waals surface area contributed by atoms with E-state index in [4.69, 9.17) is 5.73 Å². The third-order valence-corrected chi connectivity index (χ3v) is 3.09. The molecule has 0 heterocycles. The zero-order valence-corrected chi connectivity index (χ0v) is 10.9. The summed E-state index contributed by atoms with van der Waals surface area (Å²) in [5.74, 6) is 0. The van der Waals surface area contributed by atoms with Crippen LogP contribution in [0.4, 0.5) is 0 Å². The zero-order chi connectivity index (χ0) is 12.5. The molecule has 0 aliphatic carbocycles. The Balaban J connectivity index is 2.47. The molecule has 0 amide bonds. The van der Waals surface area contributed by atoms with E-state index in [1.54, 1.807) is 0 Å². The fraction of sp³-hybridized carbons (Fsp3) is 0.600. The van der Waals surface area contributed by atoms with Gasteiger partial charge in [0.05, 0.1) is 6.10 Å². The molecule has 1 rings (SSSR count). The van der Waals surface area contributed by atoms with Crippen LogP contribution in [-0.2, 0) is 6.42 Å². The summed E-state index contributed by atoms with van der Waals surface area (Å²) >= 11 is 0. The lowest BCUT2D eigenvalue weighted by molar-refractivity contribution is 0.170. The molecule has 3 N–H and O–H groups in total. The van der Waals surface area contributed by atoms with Crippen LogP contribution in [0.2, 0.25) is 0 Å². The van der Waals surface area contributed by atoms with Crippen molar-refractivity contribution in [3.8, 4) is 0 Å². The van der Waals surface area contributed by atoms with Crippen molar-refractivity contribution in [1.29, 1.82) is 0 Å². The topological polar surface area (TPSA) is 46.2 Å². The van der Waals surface area contributed by atoms with Crippen LogP contribution in [0.1, 0.15) is 56.3 Å². The molecule has 1 unspecified atom stereocenters. The lowest BCUT2D eigenvalue weighted by Crippen LogP contribution is -2.06. The van der Waals surface area contributed by atoms with E-state index in [1.165, 1.54) is 31.2 Å². The molecule has 0 fully saturated rings. The summed E-state index contributed by atoms with van der Waals surface area (Å²) in [6, 6.07) is 8.27. The van der Waals surface area contributed by atoms with E-state index in [2.05, 4.69) is 19.1 Å². The Morgan fingerprint density at radius 2 is 2.06 bits per heavy atom. The number of aliphatic hydroxyl groups is 1. The molecule has 1 aromatic rings. The van der Waals surface area contributed by atoms with Gasteiger partial charge in [-0.05, 0) is 36.9 Å². The van der Waals surface area contributed by atoms with Gasteiger partial charge in [-0.15, -0.1) is 0 Å².